The number of nitrogens with zero attached hydrogens (tertiary/aromatic N) is 4. The van der Waals surface area contributed by atoms with Crippen molar-refractivity contribution in [3.63, 3.8) is 0 Å². The summed E-state index contributed by atoms with van der Waals surface area (Å²) in [6.07, 6.45) is 0. The third-order valence-corrected chi connectivity index (χ3v) is 13.0. The van der Waals surface area contributed by atoms with Crippen molar-refractivity contribution in [2.45, 2.75) is 0 Å². The number of rotatable bonds is 5. The van der Waals surface area contributed by atoms with Crippen molar-refractivity contribution in [3.8, 4) is 51.0 Å². The molecule has 0 aliphatic rings. The molecule has 10 aromatic carbocycles. The number of fused-ring (bicyclic) bond motifs is 12. The van der Waals surface area contributed by atoms with Crippen LogP contribution >= 0.6 is 0 Å². The van der Waals surface area contributed by atoms with Gasteiger partial charge in [0, 0.05) is 66.0 Å². The molecular weight excluding hydrogens is 797 g/mol. The van der Waals surface area contributed by atoms with Gasteiger partial charge in [0.25, 0.3) is 0 Å². The van der Waals surface area contributed by atoms with Crippen molar-refractivity contribution in [1.82, 2.24) is 19.5 Å². The lowest BCUT2D eigenvalue weighted by Crippen LogP contribution is -2.00. The minimum atomic E-state index is 0.561. The van der Waals surface area contributed by atoms with Crippen molar-refractivity contribution in [3.05, 3.63) is 206 Å². The summed E-state index contributed by atoms with van der Waals surface area (Å²) in [5.74, 6) is 1.72. The molecule has 302 valence electrons. The van der Waals surface area contributed by atoms with E-state index in [2.05, 4.69) is 138 Å². The normalized spacial score (nSPS) is 12.0. The van der Waals surface area contributed by atoms with E-state index in [0.717, 1.165) is 88.4 Å². The highest BCUT2D eigenvalue weighted by Crippen LogP contribution is 2.45. The topological polar surface area (TPSA) is 69.9 Å². The van der Waals surface area contributed by atoms with Gasteiger partial charge in [-0.05, 0) is 70.3 Å². The number of aromatic nitrogens is 4. The second-order valence-corrected chi connectivity index (χ2v) is 16.7. The summed E-state index contributed by atoms with van der Waals surface area (Å²) in [5, 5.41) is 11.2. The van der Waals surface area contributed by atoms with Crippen LogP contribution in [0.5, 0.6) is 0 Å². The quantitative estimate of drug-likeness (QED) is 0.173. The molecule has 0 N–H and O–H groups in total. The van der Waals surface area contributed by atoms with Gasteiger partial charge in [-0.3, -0.25) is 0 Å². The molecule has 0 bridgehead atoms. The van der Waals surface area contributed by atoms with Crippen LogP contribution in [0, 0.1) is 0 Å². The Morgan fingerprint density at radius 3 is 1.80 bits per heavy atom. The summed E-state index contributed by atoms with van der Waals surface area (Å²) in [6.45, 7) is 0. The minimum absolute atomic E-state index is 0.561. The number of hydrogen-bond donors (Lipinski definition) is 0. The fraction of sp³-hybridized carbons (Fsp3) is 0. The van der Waals surface area contributed by atoms with Crippen LogP contribution in [0.2, 0.25) is 0 Å². The van der Waals surface area contributed by atoms with Gasteiger partial charge in [-0.2, -0.15) is 0 Å². The molecular formula is C59H34N4O2. The minimum Gasteiger partial charge on any atom is -0.456 e. The molecule has 0 aliphatic carbocycles. The van der Waals surface area contributed by atoms with Crippen molar-refractivity contribution in [2.24, 2.45) is 0 Å². The average molecular weight is 831 g/mol. The first kappa shape index (κ1) is 35.7. The zero-order valence-electron chi connectivity index (χ0n) is 34.7. The fourth-order valence-electron chi connectivity index (χ4n) is 10.0. The van der Waals surface area contributed by atoms with Gasteiger partial charge in [-0.15, -0.1) is 0 Å². The molecule has 4 aromatic heterocycles. The van der Waals surface area contributed by atoms with Crippen molar-refractivity contribution < 1.29 is 8.83 Å². The smallest absolute Gasteiger partial charge is 0.164 e. The zero-order valence-corrected chi connectivity index (χ0v) is 34.7. The molecule has 0 unspecified atom stereocenters. The van der Waals surface area contributed by atoms with Gasteiger partial charge < -0.3 is 13.4 Å². The van der Waals surface area contributed by atoms with Gasteiger partial charge in [0.2, 0.25) is 0 Å². The van der Waals surface area contributed by atoms with Gasteiger partial charge in [0.05, 0.1) is 16.7 Å². The van der Waals surface area contributed by atoms with Gasteiger partial charge in [0.15, 0.2) is 17.5 Å². The first-order valence-electron chi connectivity index (χ1n) is 21.8. The van der Waals surface area contributed by atoms with Crippen LogP contribution in [0.1, 0.15) is 0 Å². The summed E-state index contributed by atoms with van der Waals surface area (Å²) in [5.41, 5.74) is 11.3. The lowest BCUT2D eigenvalue weighted by Gasteiger charge is -2.16. The SMILES string of the molecule is c1ccc(-c2nc(-c3ccc4oc5ccccc5c4c3)nc(-c3cccc4oc5cc(-n6c7cc8ccccc8cc7c7ccc8ccccc8c76)c(-c6ccccc6)cc5c34)n2)cc1. The fourth-order valence-corrected chi connectivity index (χ4v) is 10.0. The average Bonchev–Trinajstić information content (AvgIpc) is 4.04. The first-order valence-corrected chi connectivity index (χ1v) is 21.8. The molecule has 6 heteroatoms. The Hall–Kier alpha value is -8.87. The van der Waals surface area contributed by atoms with Crippen LogP contribution in [-0.4, -0.2) is 19.5 Å². The first-order chi connectivity index (χ1) is 32.2. The van der Waals surface area contributed by atoms with E-state index in [1.165, 1.54) is 32.3 Å². The Morgan fingerprint density at radius 2 is 0.969 bits per heavy atom. The van der Waals surface area contributed by atoms with E-state index in [0.29, 0.717) is 17.5 Å². The maximum atomic E-state index is 6.94. The molecule has 0 radical (unpaired) electrons. The monoisotopic (exact) mass is 830 g/mol. The van der Waals surface area contributed by atoms with E-state index in [1.807, 2.05) is 72.8 Å². The summed E-state index contributed by atoms with van der Waals surface area (Å²) >= 11 is 0. The van der Waals surface area contributed by atoms with E-state index < -0.39 is 0 Å². The van der Waals surface area contributed by atoms with Gasteiger partial charge >= 0.3 is 0 Å². The van der Waals surface area contributed by atoms with Crippen molar-refractivity contribution in [2.75, 3.05) is 0 Å². The second kappa shape index (κ2) is 13.8. The third-order valence-electron chi connectivity index (χ3n) is 13.0. The van der Waals surface area contributed by atoms with E-state index in [9.17, 15) is 0 Å². The molecule has 0 saturated heterocycles. The van der Waals surface area contributed by atoms with Crippen LogP contribution in [0.25, 0.3) is 138 Å². The van der Waals surface area contributed by atoms with Gasteiger partial charge in [-0.25, -0.2) is 15.0 Å². The molecule has 6 nitrogen and oxygen atoms in total. The third kappa shape index (κ3) is 5.51. The van der Waals surface area contributed by atoms with Gasteiger partial charge in [-0.1, -0.05) is 152 Å². The summed E-state index contributed by atoms with van der Waals surface area (Å²) in [6, 6.07) is 72.3. The molecule has 0 amide bonds. The molecule has 14 rings (SSSR count). The molecule has 0 fully saturated rings. The Morgan fingerprint density at radius 1 is 0.323 bits per heavy atom. The number of furan rings is 2. The largest absolute Gasteiger partial charge is 0.456 e. The van der Waals surface area contributed by atoms with Gasteiger partial charge in [0.1, 0.15) is 22.3 Å². The number of para-hydroxylation sites is 1. The molecule has 0 saturated carbocycles. The Kier molecular flexibility index (Phi) is 7.59. The maximum Gasteiger partial charge on any atom is 0.164 e. The maximum absolute atomic E-state index is 6.94. The highest BCUT2D eigenvalue weighted by atomic mass is 16.3. The molecule has 14 aromatic rings. The van der Waals surface area contributed by atoms with Crippen molar-refractivity contribution in [1.29, 1.82) is 0 Å². The van der Waals surface area contributed by atoms with Crippen LogP contribution in [0.15, 0.2) is 215 Å². The van der Waals surface area contributed by atoms with E-state index in [1.54, 1.807) is 0 Å². The Balaban J connectivity index is 1.05. The highest BCUT2D eigenvalue weighted by molar-refractivity contribution is 6.22. The van der Waals surface area contributed by atoms with Crippen LogP contribution < -0.4 is 0 Å². The second-order valence-electron chi connectivity index (χ2n) is 16.7. The summed E-state index contributed by atoms with van der Waals surface area (Å²) < 4.78 is 15.6. The summed E-state index contributed by atoms with van der Waals surface area (Å²) in [7, 11) is 0. The van der Waals surface area contributed by atoms with E-state index in [-0.39, 0.29) is 0 Å². The van der Waals surface area contributed by atoms with Crippen molar-refractivity contribution >= 4 is 87.2 Å². The lowest BCUT2D eigenvalue weighted by molar-refractivity contribution is 0.668. The predicted octanol–water partition coefficient (Wildman–Crippen LogP) is 15.7. The lowest BCUT2D eigenvalue weighted by atomic mass is 9.98. The predicted molar refractivity (Wildman–Crippen MR) is 265 cm³/mol. The Labute approximate surface area is 371 Å². The summed E-state index contributed by atoms with van der Waals surface area (Å²) in [4.78, 5) is 15.6. The van der Waals surface area contributed by atoms with Crippen LogP contribution in [0.4, 0.5) is 0 Å². The van der Waals surface area contributed by atoms with Crippen LogP contribution in [0.3, 0.4) is 0 Å². The van der Waals surface area contributed by atoms with E-state index in [4.69, 9.17) is 23.8 Å². The number of benzene rings is 10. The number of hydrogen-bond acceptors (Lipinski definition) is 5. The molecule has 0 atom stereocenters. The molecule has 0 spiro atoms. The highest BCUT2D eigenvalue weighted by Gasteiger charge is 2.24. The molecule has 65 heavy (non-hydrogen) atoms. The van der Waals surface area contributed by atoms with E-state index >= 15 is 0 Å². The zero-order chi connectivity index (χ0) is 42.6. The standard InChI is InChI=1S/C59H34N4O2/c1-3-14-35(15-4-1)45-33-48-54(34-50(45)63-49-32-39-20-8-7-19-38(39)30-46(49)43-28-26-36-16-9-10-21-41(36)56(43)63)65-53-25-13-23-44(55(48)53)59-61-57(37-17-5-2-6-18-37)60-58(62-59)40-27-29-52-47(31-40)42-22-11-12-24-51(42)64-52/h1-34H. The molecule has 4 heterocycles. The molecule has 0 aliphatic heterocycles. The Bertz CT molecular complexity index is 4240. The van der Waals surface area contributed by atoms with Crippen LogP contribution in [-0.2, 0) is 0 Å².